The Bertz CT molecular complexity index is 3120. The third kappa shape index (κ3) is 4.70. The van der Waals surface area contributed by atoms with Crippen molar-refractivity contribution in [2.24, 2.45) is 0 Å². The summed E-state index contributed by atoms with van der Waals surface area (Å²) in [7, 11) is 0. The summed E-state index contributed by atoms with van der Waals surface area (Å²) < 4.78 is 2.64. The van der Waals surface area contributed by atoms with Crippen molar-refractivity contribution in [3.8, 4) is 22.3 Å². The fraction of sp³-hybridized carbons (Fsp3) is 0.0769. The molecule has 1 aliphatic rings. The molecule has 11 rings (SSSR count). The Hall–Kier alpha value is -6.22. The van der Waals surface area contributed by atoms with Crippen LogP contribution in [0.25, 0.3) is 74.7 Å². The van der Waals surface area contributed by atoms with Crippen LogP contribution >= 0.6 is 11.3 Å². The molecule has 1 aromatic heterocycles. The predicted molar refractivity (Wildman–Crippen MR) is 234 cm³/mol. The smallest absolute Gasteiger partial charge is 0.0595 e. The Balaban J connectivity index is 1.16. The summed E-state index contributed by atoms with van der Waals surface area (Å²) in [6, 6.07) is 65.6. The maximum Gasteiger partial charge on any atom is 0.0595 e. The van der Waals surface area contributed by atoms with E-state index in [2.05, 4.69) is 195 Å². The van der Waals surface area contributed by atoms with E-state index >= 15 is 0 Å². The molecule has 0 fully saturated rings. The van der Waals surface area contributed by atoms with Crippen molar-refractivity contribution < 1.29 is 0 Å². The van der Waals surface area contributed by atoms with Crippen molar-refractivity contribution in [1.82, 2.24) is 0 Å². The Labute approximate surface area is 319 Å². The summed E-state index contributed by atoms with van der Waals surface area (Å²) in [5.74, 6) is 0. The molecule has 0 atom stereocenters. The van der Waals surface area contributed by atoms with Crippen molar-refractivity contribution >= 4 is 75.2 Å². The third-order valence-corrected chi connectivity index (χ3v) is 13.1. The molecule has 0 radical (unpaired) electrons. The van der Waals surface area contributed by atoms with Gasteiger partial charge in [-0.15, -0.1) is 11.3 Å². The molecule has 0 N–H and O–H groups in total. The van der Waals surface area contributed by atoms with Crippen LogP contribution in [0, 0.1) is 0 Å². The zero-order valence-corrected chi connectivity index (χ0v) is 31.1. The van der Waals surface area contributed by atoms with Gasteiger partial charge in [0.15, 0.2) is 0 Å². The van der Waals surface area contributed by atoms with Gasteiger partial charge in [-0.05, 0) is 108 Å². The van der Waals surface area contributed by atoms with Crippen LogP contribution in [0.3, 0.4) is 0 Å². The quantitative estimate of drug-likeness (QED) is 0.172. The summed E-state index contributed by atoms with van der Waals surface area (Å²) in [5, 5.41) is 10.3. The monoisotopic (exact) mass is 707 g/mol. The van der Waals surface area contributed by atoms with Gasteiger partial charge in [-0.25, -0.2) is 0 Å². The molecular weight excluding hydrogens is 671 g/mol. The average molecular weight is 708 g/mol. The second-order valence-corrected chi connectivity index (χ2v) is 16.3. The second kappa shape index (κ2) is 11.9. The molecule has 0 saturated heterocycles. The largest absolute Gasteiger partial charge is 0.336 e. The van der Waals surface area contributed by atoms with Crippen molar-refractivity contribution in [3.63, 3.8) is 0 Å². The number of fused-ring (bicyclic) bond motifs is 9. The Morgan fingerprint density at radius 2 is 1.09 bits per heavy atom. The fourth-order valence-electron chi connectivity index (χ4n) is 9.22. The second-order valence-electron chi connectivity index (χ2n) is 15.3. The van der Waals surface area contributed by atoms with Gasteiger partial charge in [0.2, 0.25) is 0 Å². The minimum atomic E-state index is -0.142. The summed E-state index contributed by atoms with van der Waals surface area (Å²) >= 11 is 1.90. The molecular formula is C52H37NS. The lowest BCUT2D eigenvalue weighted by Gasteiger charge is -2.29. The molecule has 0 spiro atoms. The maximum absolute atomic E-state index is 2.59. The number of rotatable bonds is 5. The lowest BCUT2D eigenvalue weighted by Crippen LogP contribution is -2.19. The van der Waals surface area contributed by atoms with Gasteiger partial charge in [-0.3, -0.25) is 0 Å². The van der Waals surface area contributed by atoms with Crippen LogP contribution in [0.5, 0.6) is 0 Å². The van der Waals surface area contributed by atoms with Crippen molar-refractivity contribution in [3.05, 3.63) is 193 Å². The molecule has 0 unspecified atom stereocenters. The van der Waals surface area contributed by atoms with Gasteiger partial charge in [-0.1, -0.05) is 153 Å². The van der Waals surface area contributed by atoms with Crippen molar-refractivity contribution in [2.75, 3.05) is 4.90 Å². The molecule has 1 aliphatic carbocycles. The highest BCUT2D eigenvalue weighted by Gasteiger charge is 2.36. The fourth-order valence-corrected chi connectivity index (χ4v) is 10.4. The van der Waals surface area contributed by atoms with Crippen LogP contribution in [0.15, 0.2) is 176 Å². The molecule has 0 bridgehead atoms. The molecule has 0 saturated carbocycles. The van der Waals surface area contributed by atoms with Gasteiger partial charge in [0.1, 0.15) is 0 Å². The number of anilines is 2. The van der Waals surface area contributed by atoms with Crippen LogP contribution in [0.1, 0.15) is 30.5 Å². The van der Waals surface area contributed by atoms with Crippen LogP contribution in [-0.2, 0) is 12.0 Å². The van der Waals surface area contributed by atoms with E-state index in [0.29, 0.717) is 6.54 Å². The van der Waals surface area contributed by atoms with E-state index in [1.807, 2.05) is 11.3 Å². The van der Waals surface area contributed by atoms with Gasteiger partial charge in [0.25, 0.3) is 0 Å². The van der Waals surface area contributed by atoms with Crippen molar-refractivity contribution in [1.29, 1.82) is 0 Å². The highest BCUT2D eigenvalue weighted by Crippen LogP contribution is 2.52. The highest BCUT2D eigenvalue weighted by molar-refractivity contribution is 7.26. The minimum absolute atomic E-state index is 0.142. The molecule has 0 aliphatic heterocycles. The standard InChI is InChI=1S/C52H37NS/c1-52(2)46-30-36-16-4-3-15-35(36)29-45(46)41-28-27-38(31-47(41)52)53(48-23-12-22-44-42-20-9-10-24-49(42)54-51(44)48)32-37-26-25-34-14-6-8-19-40(34)50(37)43-21-11-17-33-13-5-7-18-39(33)43/h3-31H,32H2,1-2H3. The van der Waals surface area contributed by atoms with Gasteiger partial charge in [0.05, 0.1) is 10.4 Å². The Morgan fingerprint density at radius 1 is 0.463 bits per heavy atom. The van der Waals surface area contributed by atoms with Gasteiger partial charge in [-0.2, -0.15) is 0 Å². The molecule has 10 aromatic rings. The normalized spacial score (nSPS) is 13.2. The molecule has 54 heavy (non-hydrogen) atoms. The van der Waals surface area contributed by atoms with Crippen molar-refractivity contribution in [2.45, 2.75) is 25.8 Å². The topological polar surface area (TPSA) is 3.24 Å². The number of nitrogens with zero attached hydrogens (tertiary/aromatic N) is 1. The molecule has 1 heterocycles. The Morgan fingerprint density at radius 3 is 1.93 bits per heavy atom. The molecule has 0 amide bonds. The lowest BCUT2D eigenvalue weighted by atomic mass is 9.81. The van der Waals surface area contributed by atoms with Crippen LogP contribution in [-0.4, -0.2) is 0 Å². The van der Waals surface area contributed by atoms with E-state index in [9.17, 15) is 0 Å². The van der Waals surface area contributed by atoms with Gasteiger partial charge in [0, 0.05) is 33.1 Å². The average Bonchev–Trinajstić information content (AvgIpc) is 3.70. The molecule has 2 heteroatoms. The van der Waals surface area contributed by atoms with E-state index in [0.717, 1.165) is 0 Å². The Kier molecular flexibility index (Phi) is 6.90. The SMILES string of the molecule is CC1(C)c2cc(N(Cc3ccc4ccccc4c3-c3cccc4ccccc34)c3cccc4c3sc3ccccc34)ccc2-c2cc3ccccc3cc21. The first-order chi connectivity index (χ1) is 26.5. The summed E-state index contributed by atoms with van der Waals surface area (Å²) in [6.07, 6.45) is 0. The highest BCUT2D eigenvalue weighted by atomic mass is 32.1. The van der Waals surface area contributed by atoms with Crippen LogP contribution in [0.2, 0.25) is 0 Å². The summed E-state index contributed by atoms with van der Waals surface area (Å²) in [6.45, 7) is 5.51. The van der Waals surface area contributed by atoms with E-state index in [1.54, 1.807) is 0 Å². The third-order valence-electron chi connectivity index (χ3n) is 11.9. The molecule has 1 nitrogen and oxygen atoms in total. The molecule has 256 valence electrons. The maximum atomic E-state index is 2.59. The van der Waals surface area contributed by atoms with E-state index in [1.165, 1.54) is 103 Å². The van der Waals surface area contributed by atoms with E-state index in [-0.39, 0.29) is 5.41 Å². The van der Waals surface area contributed by atoms with Gasteiger partial charge < -0.3 is 4.90 Å². The number of hydrogen-bond donors (Lipinski definition) is 0. The number of hydrogen-bond acceptors (Lipinski definition) is 2. The summed E-state index contributed by atoms with van der Waals surface area (Å²) in [5.41, 5.74) is 11.7. The minimum Gasteiger partial charge on any atom is -0.336 e. The van der Waals surface area contributed by atoms with Gasteiger partial charge >= 0.3 is 0 Å². The first-order valence-corrected chi connectivity index (χ1v) is 19.7. The van der Waals surface area contributed by atoms with Crippen LogP contribution < -0.4 is 4.90 Å². The van der Waals surface area contributed by atoms with E-state index < -0.39 is 0 Å². The lowest BCUT2D eigenvalue weighted by molar-refractivity contribution is 0.661. The van der Waals surface area contributed by atoms with E-state index in [4.69, 9.17) is 0 Å². The predicted octanol–water partition coefficient (Wildman–Crippen LogP) is 14.8. The van der Waals surface area contributed by atoms with Crippen LogP contribution in [0.4, 0.5) is 11.4 Å². The number of benzene rings is 9. The zero-order valence-electron chi connectivity index (χ0n) is 30.3. The first-order valence-electron chi connectivity index (χ1n) is 18.9. The molecule has 9 aromatic carbocycles. The number of thiophene rings is 1. The zero-order chi connectivity index (χ0) is 36.0. The first kappa shape index (κ1) is 31.3. The summed E-state index contributed by atoms with van der Waals surface area (Å²) in [4.78, 5) is 2.59.